The molecule has 3 rings (SSSR count). The second-order valence-corrected chi connectivity index (χ2v) is 5.38. The van der Waals surface area contributed by atoms with Gasteiger partial charge in [-0.2, -0.15) is 5.10 Å². The summed E-state index contributed by atoms with van der Waals surface area (Å²) in [5.74, 6) is 0.170. The van der Waals surface area contributed by atoms with Crippen molar-refractivity contribution in [3.05, 3.63) is 31.1 Å². The van der Waals surface area contributed by atoms with Crippen LogP contribution in [0.5, 0.6) is 0 Å². The van der Waals surface area contributed by atoms with Crippen molar-refractivity contribution in [3.8, 4) is 0 Å². The van der Waals surface area contributed by atoms with Crippen molar-refractivity contribution in [2.75, 3.05) is 13.1 Å². The van der Waals surface area contributed by atoms with E-state index in [9.17, 15) is 4.79 Å². The molecule has 0 aliphatic carbocycles. The molecule has 7 nitrogen and oxygen atoms in total. The summed E-state index contributed by atoms with van der Waals surface area (Å²) in [6.07, 6.45) is 9.72. The predicted octanol–water partition coefficient (Wildman–Crippen LogP) is 1.29. The van der Waals surface area contributed by atoms with Crippen molar-refractivity contribution < 1.29 is 4.79 Å². The molecular formula is C14H20N6O. The zero-order valence-corrected chi connectivity index (χ0v) is 12.2. The normalized spacial score (nSPS) is 17.9. The van der Waals surface area contributed by atoms with E-state index in [1.165, 1.54) is 0 Å². The zero-order chi connectivity index (χ0) is 14.7. The highest BCUT2D eigenvalue weighted by Gasteiger charge is 2.29. The van der Waals surface area contributed by atoms with Gasteiger partial charge in [-0.3, -0.25) is 9.48 Å². The van der Waals surface area contributed by atoms with Gasteiger partial charge in [0, 0.05) is 31.5 Å². The molecule has 21 heavy (non-hydrogen) atoms. The van der Waals surface area contributed by atoms with E-state index in [0.29, 0.717) is 6.04 Å². The highest BCUT2D eigenvalue weighted by molar-refractivity contribution is 5.80. The Morgan fingerprint density at radius 3 is 2.57 bits per heavy atom. The van der Waals surface area contributed by atoms with E-state index < -0.39 is 0 Å². The van der Waals surface area contributed by atoms with E-state index in [4.69, 9.17) is 0 Å². The Morgan fingerprint density at radius 2 is 2.00 bits per heavy atom. The van der Waals surface area contributed by atoms with Gasteiger partial charge in [0.25, 0.3) is 0 Å². The van der Waals surface area contributed by atoms with E-state index in [0.717, 1.165) is 32.4 Å². The molecule has 0 aromatic carbocycles. The van der Waals surface area contributed by atoms with Gasteiger partial charge in [-0.1, -0.05) is 6.92 Å². The Hall–Kier alpha value is -2.18. The Morgan fingerprint density at radius 1 is 1.29 bits per heavy atom. The van der Waals surface area contributed by atoms with Crippen LogP contribution in [0.2, 0.25) is 0 Å². The third kappa shape index (κ3) is 2.81. The number of carbonyl (C=O) groups excluding carboxylic acids is 1. The molecule has 1 saturated heterocycles. The molecule has 1 amide bonds. The largest absolute Gasteiger partial charge is 0.341 e. The number of carbonyl (C=O) groups is 1. The minimum Gasteiger partial charge on any atom is -0.341 e. The van der Waals surface area contributed by atoms with Gasteiger partial charge in [-0.05, 0) is 25.3 Å². The summed E-state index contributed by atoms with van der Waals surface area (Å²) in [7, 11) is 0. The third-order valence-electron chi connectivity index (χ3n) is 4.15. The number of aromatic nitrogens is 5. The molecule has 7 heteroatoms. The number of piperidine rings is 1. The molecule has 1 fully saturated rings. The molecule has 1 aliphatic rings. The summed E-state index contributed by atoms with van der Waals surface area (Å²) < 4.78 is 3.79. The SMILES string of the molecule is CCC(C(=O)N1CCC(n2cnnc2)CC1)n1cccn1. The highest BCUT2D eigenvalue weighted by Crippen LogP contribution is 2.24. The zero-order valence-electron chi connectivity index (χ0n) is 12.2. The fourth-order valence-corrected chi connectivity index (χ4v) is 2.93. The van der Waals surface area contributed by atoms with Crippen LogP contribution in [0.1, 0.15) is 38.3 Å². The summed E-state index contributed by atoms with van der Waals surface area (Å²) in [5, 5.41) is 11.9. The smallest absolute Gasteiger partial charge is 0.247 e. The van der Waals surface area contributed by atoms with Crippen molar-refractivity contribution in [3.63, 3.8) is 0 Å². The molecular weight excluding hydrogens is 268 g/mol. The standard InChI is InChI=1S/C14H20N6O/c1-2-13(20-7-3-6-17-20)14(21)18-8-4-12(5-9-18)19-10-15-16-11-19/h3,6-7,10-13H,2,4-5,8-9H2,1H3. The van der Waals surface area contributed by atoms with E-state index in [2.05, 4.69) is 15.3 Å². The van der Waals surface area contributed by atoms with E-state index in [1.54, 1.807) is 23.5 Å². The molecule has 0 N–H and O–H groups in total. The summed E-state index contributed by atoms with van der Waals surface area (Å²) in [6, 6.07) is 2.06. The Bertz CT molecular complexity index is 556. The lowest BCUT2D eigenvalue weighted by Crippen LogP contribution is -2.42. The van der Waals surface area contributed by atoms with Crippen LogP contribution >= 0.6 is 0 Å². The number of nitrogens with zero attached hydrogens (tertiary/aromatic N) is 6. The van der Waals surface area contributed by atoms with Gasteiger partial charge in [0.15, 0.2) is 0 Å². The monoisotopic (exact) mass is 288 g/mol. The molecule has 2 aromatic rings. The molecule has 0 bridgehead atoms. The minimum atomic E-state index is -0.188. The molecule has 0 saturated carbocycles. The molecule has 1 atom stereocenters. The van der Waals surface area contributed by atoms with Crippen LogP contribution in [0.3, 0.4) is 0 Å². The van der Waals surface area contributed by atoms with Crippen molar-refractivity contribution in [1.82, 2.24) is 29.4 Å². The van der Waals surface area contributed by atoms with Crippen molar-refractivity contribution >= 4 is 5.91 Å². The first-order chi connectivity index (χ1) is 10.3. The van der Waals surface area contributed by atoms with Crippen LogP contribution in [0.15, 0.2) is 31.1 Å². The fraction of sp³-hybridized carbons (Fsp3) is 0.571. The minimum absolute atomic E-state index is 0.170. The number of hydrogen-bond acceptors (Lipinski definition) is 4. The quantitative estimate of drug-likeness (QED) is 0.850. The average molecular weight is 288 g/mol. The maximum absolute atomic E-state index is 12.7. The number of amides is 1. The Balaban J connectivity index is 1.62. The Kier molecular flexibility index (Phi) is 3.98. The average Bonchev–Trinajstić information content (AvgIpc) is 3.22. The Labute approximate surface area is 123 Å². The van der Waals surface area contributed by atoms with Gasteiger partial charge in [0.05, 0.1) is 0 Å². The first-order valence-electron chi connectivity index (χ1n) is 7.41. The lowest BCUT2D eigenvalue weighted by atomic mass is 10.0. The van der Waals surface area contributed by atoms with Gasteiger partial charge in [-0.25, -0.2) is 0 Å². The molecule has 0 spiro atoms. The predicted molar refractivity (Wildman–Crippen MR) is 76.4 cm³/mol. The van der Waals surface area contributed by atoms with Crippen molar-refractivity contribution in [2.24, 2.45) is 0 Å². The lowest BCUT2D eigenvalue weighted by Gasteiger charge is -2.34. The van der Waals surface area contributed by atoms with Crippen LogP contribution in [0, 0.1) is 0 Å². The first kappa shape index (κ1) is 13.8. The van der Waals surface area contributed by atoms with Gasteiger partial charge < -0.3 is 9.47 Å². The molecule has 2 aromatic heterocycles. The summed E-state index contributed by atoms with van der Waals surface area (Å²) in [5.41, 5.74) is 0. The van der Waals surface area contributed by atoms with Crippen LogP contribution in [0.25, 0.3) is 0 Å². The van der Waals surface area contributed by atoms with Crippen LogP contribution < -0.4 is 0 Å². The van der Waals surface area contributed by atoms with Crippen molar-refractivity contribution in [1.29, 1.82) is 0 Å². The van der Waals surface area contributed by atoms with Crippen molar-refractivity contribution in [2.45, 2.75) is 38.3 Å². The van der Waals surface area contributed by atoms with Gasteiger partial charge in [0.2, 0.25) is 5.91 Å². The number of likely N-dealkylation sites (tertiary alicyclic amines) is 1. The first-order valence-corrected chi connectivity index (χ1v) is 7.41. The van der Waals surface area contributed by atoms with Crippen LogP contribution in [-0.4, -0.2) is 48.4 Å². The number of rotatable bonds is 4. The van der Waals surface area contributed by atoms with Gasteiger partial charge >= 0.3 is 0 Å². The molecule has 0 radical (unpaired) electrons. The van der Waals surface area contributed by atoms with E-state index >= 15 is 0 Å². The number of hydrogen-bond donors (Lipinski definition) is 0. The second-order valence-electron chi connectivity index (χ2n) is 5.38. The summed E-state index contributed by atoms with van der Waals surface area (Å²) in [6.45, 7) is 3.58. The van der Waals surface area contributed by atoms with E-state index in [-0.39, 0.29) is 11.9 Å². The maximum Gasteiger partial charge on any atom is 0.247 e. The summed E-state index contributed by atoms with van der Waals surface area (Å²) >= 11 is 0. The second kappa shape index (κ2) is 6.07. The molecule has 112 valence electrons. The molecule has 1 unspecified atom stereocenters. The van der Waals surface area contributed by atoms with Gasteiger partial charge in [0.1, 0.15) is 18.7 Å². The lowest BCUT2D eigenvalue weighted by molar-refractivity contribution is -0.136. The van der Waals surface area contributed by atoms with Gasteiger partial charge in [-0.15, -0.1) is 10.2 Å². The fourth-order valence-electron chi connectivity index (χ4n) is 2.93. The third-order valence-corrected chi connectivity index (χ3v) is 4.15. The van der Waals surface area contributed by atoms with E-state index in [1.807, 2.05) is 28.7 Å². The van der Waals surface area contributed by atoms with Crippen LogP contribution in [0.4, 0.5) is 0 Å². The maximum atomic E-state index is 12.7. The molecule has 3 heterocycles. The highest BCUT2D eigenvalue weighted by atomic mass is 16.2. The topological polar surface area (TPSA) is 68.8 Å². The molecule has 1 aliphatic heterocycles. The van der Waals surface area contributed by atoms with Crippen LogP contribution in [-0.2, 0) is 4.79 Å². The summed E-state index contributed by atoms with van der Waals surface area (Å²) in [4.78, 5) is 14.6.